The molecule has 1 saturated heterocycles. The molecule has 1 aromatic carbocycles. The van der Waals surface area contributed by atoms with E-state index in [1.54, 1.807) is 22.5 Å². The van der Waals surface area contributed by atoms with Gasteiger partial charge in [-0.1, -0.05) is 15.9 Å². The molecule has 1 N–H and O–H groups in total. The average Bonchev–Trinajstić information content (AvgIpc) is 2.32. The summed E-state index contributed by atoms with van der Waals surface area (Å²) in [5, 5.41) is 3.24. The Labute approximate surface area is 117 Å². The van der Waals surface area contributed by atoms with Crippen LogP contribution in [0.4, 0.5) is 0 Å². The third-order valence-corrected chi connectivity index (χ3v) is 5.85. The van der Waals surface area contributed by atoms with Crippen molar-refractivity contribution < 1.29 is 8.42 Å². The van der Waals surface area contributed by atoms with Gasteiger partial charge in [-0.05, 0) is 37.6 Å². The summed E-state index contributed by atoms with van der Waals surface area (Å²) >= 11 is 3.38. The van der Waals surface area contributed by atoms with E-state index in [4.69, 9.17) is 0 Å². The SMILES string of the molecule is Cc1cc(S(=O)(=O)N2CCNC(C)C2)ccc1Br. The average molecular weight is 333 g/mol. The van der Waals surface area contributed by atoms with Crippen molar-refractivity contribution in [2.24, 2.45) is 0 Å². The Balaban J connectivity index is 2.32. The van der Waals surface area contributed by atoms with Crippen LogP contribution in [0, 0.1) is 6.92 Å². The maximum Gasteiger partial charge on any atom is 0.243 e. The molecule has 1 aliphatic rings. The molecule has 2 rings (SSSR count). The number of benzene rings is 1. The second-order valence-corrected chi connectivity index (χ2v) is 7.42. The van der Waals surface area contributed by atoms with E-state index >= 15 is 0 Å². The molecule has 0 saturated carbocycles. The predicted octanol–water partition coefficient (Wildman–Crippen LogP) is 1.74. The van der Waals surface area contributed by atoms with Gasteiger partial charge in [0.2, 0.25) is 10.0 Å². The highest BCUT2D eigenvalue weighted by atomic mass is 79.9. The number of piperazine rings is 1. The smallest absolute Gasteiger partial charge is 0.243 e. The second kappa shape index (κ2) is 5.28. The highest BCUT2D eigenvalue weighted by Crippen LogP contribution is 2.23. The minimum Gasteiger partial charge on any atom is -0.312 e. The van der Waals surface area contributed by atoms with E-state index in [2.05, 4.69) is 21.2 Å². The molecule has 0 spiro atoms. The fourth-order valence-electron chi connectivity index (χ4n) is 2.04. The summed E-state index contributed by atoms with van der Waals surface area (Å²) in [6, 6.07) is 5.35. The Kier molecular flexibility index (Phi) is 4.11. The molecule has 1 heterocycles. The summed E-state index contributed by atoms with van der Waals surface area (Å²) in [5.41, 5.74) is 0.930. The summed E-state index contributed by atoms with van der Waals surface area (Å²) in [7, 11) is -3.36. The monoisotopic (exact) mass is 332 g/mol. The molecule has 100 valence electrons. The Morgan fingerprint density at radius 1 is 1.44 bits per heavy atom. The number of sulfonamides is 1. The Hall–Kier alpha value is -0.430. The first-order valence-corrected chi connectivity index (χ1v) is 8.14. The number of rotatable bonds is 2. The van der Waals surface area contributed by atoms with Crippen LogP contribution >= 0.6 is 15.9 Å². The normalized spacial score (nSPS) is 22.1. The van der Waals surface area contributed by atoms with Crippen molar-refractivity contribution in [3.05, 3.63) is 28.2 Å². The minimum absolute atomic E-state index is 0.199. The van der Waals surface area contributed by atoms with Crippen LogP contribution in [0.5, 0.6) is 0 Å². The van der Waals surface area contributed by atoms with Crippen molar-refractivity contribution in [3.8, 4) is 0 Å². The Morgan fingerprint density at radius 2 is 2.17 bits per heavy atom. The van der Waals surface area contributed by atoms with Crippen LogP contribution in [0.2, 0.25) is 0 Å². The topological polar surface area (TPSA) is 49.4 Å². The van der Waals surface area contributed by atoms with Crippen LogP contribution in [0.1, 0.15) is 12.5 Å². The molecular formula is C12H17BrN2O2S. The van der Waals surface area contributed by atoms with E-state index in [0.717, 1.165) is 10.0 Å². The molecule has 0 radical (unpaired) electrons. The van der Waals surface area contributed by atoms with Gasteiger partial charge in [-0.25, -0.2) is 8.42 Å². The Bertz CT molecular complexity index is 545. The van der Waals surface area contributed by atoms with Gasteiger partial charge in [0.05, 0.1) is 4.90 Å². The lowest BCUT2D eigenvalue weighted by Gasteiger charge is -2.31. The highest BCUT2D eigenvalue weighted by Gasteiger charge is 2.28. The van der Waals surface area contributed by atoms with Gasteiger partial charge >= 0.3 is 0 Å². The van der Waals surface area contributed by atoms with Gasteiger partial charge in [0.1, 0.15) is 0 Å². The molecule has 1 fully saturated rings. The number of halogens is 1. The highest BCUT2D eigenvalue weighted by molar-refractivity contribution is 9.10. The third-order valence-electron chi connectivity index (χ3n) is 3.10. The lowest BCUT2D eigenvalue weighted by atomic mass is 10.2. The van der Waals surface area contributed by atoms with Gasteiger partial charge in [0.25, 0.3) is 0 Å². The van der Waals surface area contributed by atoms with Crippen LogP contribution < -0.4 is 5.32 Å². The quantitative estimate of drug-likeness (QED) is 0.897. The lowest BCUT2D eigenvalue weighted by Crippen LogP contribution is -2.51. The molecule has 1 aliphatic heterocycles. The fourth-order valence-corrected chi connectivity index (χ4v) is 3.90. The first-order chi connectivity index (χ1) is 8.41. The summed E-state index contributed by atoms with van der Waals surface area (Å²) in [6.07, 6.45) is 0. The molecule has 1 atom stereocenters. The first kappa shape index (κ1) is 14.0. The molecule has 1 aromatic rings. The molecule has 18 heavy (non-hydrogen) atoms. The summed E-state index contributed by atoms with van der Waals surface area (Å²) < 4.78 is 27.4. The zero-order valence-corrected chi connectivity index (χ0v) is 12.9. The van der Waals surface area contributed by atoms with Gasteiger partial charge in [0, 0.05) is 30.1 Å². The fraction of sp³-hybridized carbons (Fsp3) is 0.500. The summed E-state index contributed by atoms with van der Waals surface area (Å²) in [4.78, 5) is 0.373. The molecule has 0 aromatic heterocycles. The van der Waals surface area contributed by atoms with E-state index < -0.39 is 10.0 Å². The third kappa shape index (κ3) is 2.77. The number of nitrogens with one attached hydrogen (secondary N) is 1. The lowest BCUT2D eigenvalue weighted by molar-refractivity contribution is 0.310. The van der Waals surface area contributed by atoms with Crippen molar-refractivity contribution in [3.63, 3.8) is 0 Å². The van der Waals surface area contributed by atoms with Crippen molar-refractivity contribution in [1.29, 1.82) is 0 Å². The first-order valence-electron chi connectivity index (χ1n) is 5.91. The largest absolute Gasteiger partial charge is 0.312 e. The molecule has 0 bridgehead atoms. The van der Waals surface area contributed by atoms with Crippen LogP contribution in [0.25, 0.3) is 0 Å². The van der Waals surface area contributed by atoms with E-state index in [0.29, 0.717) is 24.5 Å². The molecule has 6 heteroatoms. The Morgan fingerprint density at radius 3 is 2.78 bits per heavy atom. The number of hydrogen-bond donors (Lipinski definition) is 1. The van der Waals surface area contributed by atoms with Crippen molar-refractivity contribution in [2.75, 3.05) is 19.6 Å². The second-order valence-electron chi connectivity index (χ2n) is 4.63. The van der Waals surface area contributed by atoms with E-state index in [-0.39, 0.29) is 6.04 Å². The van der Waals surface area contributed by atoms with E-state index in [1.165, 1.54) is 0 Å². The van der Waals surface area contributed by atoms with Crippen molar-refractivity contribution in [1.82, 2.24) is 9.62 Å². The van der Waals surface area contributed by atoms with E-state index in [1.807, 2.05) is 13.8 Å². The molecule has 0 aliphatic carbocycles. The maximum atomic E-state index is 12.5. The van der Waals surface area contributed by atoms with Crippen LogP contribution in [-0.4, -0.2) is 38.4 Å². The zero-order valence-electron chi connectivity index (χ0n) is 10.5. The summed E-state index contributed by atoms with van der Waals surface area (Å²) in [5.74, 6) is 0. The zero-order chi connectivity index (χ0) is 13.3. The maximum absolute atomic E-state index is 12.5. The van der Waals surface area contributed by atoms with E-state index in [9.17, 15) is 8.42 Å². The van der Waals surface area contributed by atoms with Crippen LogP contribution in [0.15, 0.2) is 27.6 Å². The summed E-state index contributed by atoms with van der Waals surface area (Å²) in [6.45, 7) is 5.65. The van der Waals surface area contributed by atoms with Crippen molar-refractivity contribution >= 4 is 26.0 Å². The predicted molar refractivity (Wildman–Crippen MR) is 75.1 cm³/mol. The molecule has 0 amide bonds. The molecule has 4 nitrogen and oxygen atoms in total. The van der Waals surface area contributed by atoms with Crippen LogP contribution in [0.3, 0.4) is 0 Å². The van der Waals surface area contributed by atoms with Gasteiger partial charge in [-0.15, -0.1) is 0 Å². The van der Waals surface area contributed by atoms with Gasteiger partial charge < -0.3 is 5.32 Å². The van der Waals surface area contributed by atoms with Crippen molar-refractivity contribution in [2.45, 2.75) is 24.8 Å². The van der Waals surface area contributed by atoms with Crippen LogP contribution in [-0.2, 0) is 10.0 Å². The number of hydrogen-bond acceptors (Lipinski definition) is 3. The number of aryl methyl sites for hydroxylation is 1. The molecule has 1 unspecified atom stereocenters. The van der Waals surface area contributed by atoms with Gasteiger partial charge in [0.15, 0.2) is 0 Å². The number of nitrogens with zero attached hydrogens (tertiary/aromatic N) is 1. The van der Waals surface area contributed by atoms with Gasteiger partial charge in [-0.2, -0.15) is 4.31 Å². The standard InChI is InChI=1S/C12H17BrN2O2S/c1-9-7-11(3-4-12(9)13)18(16,17)15-6-5-14-10(2)8-15/h3-4,7,10,14H,5-6,8H2,1-2H3. The molecular weight excluding hydrogens is 316 g/mol. The van der Waals surface area contributed by atoms with Gasteiger partial charge in [-0.3, -0.25) is 0 Å². The minimum atomic E-state index is -3.36.